The van der Waals surface area contributed by atoms with Crippen molar-refractivity contribution >= 4 is 22.1 Å². The van der Waals surface area contributed by atoms with Crippen LogP contribution in [0.1, 0.15) is 24.0 Å². The van der Waals surface area contributed by atoms with Gasteiger partial charge in [-0.2, -0.15) is 9.41 Å². The Balaban J connectivity index is 1.30. The molecule has 1 fully saturated rings. The largest absolute Gasteiger partial charge is 0.488 e. The fraction of sp³-hybridized carbons (Fsp3) is 0.231. The lowest BCUT2D eigenvalue weighted by Crippen LogP contribution is -2.42. The van der Waals surface area contributed by atoms with Gasteiger partial charge in [0.25, 0.3) is 0 Å². The number of benzene rings is 3. The monoisotopic (exact) mass is 495 g/mol. The van der Waals surface area contributed by atoms with Crippen LogP contribution in [0.3, 0.4) is 0 Å². The Morgan fingerprint density at radius 1 is 1.00 bits per heavy atom. The lowest BCUT2D eigenvalue weighted by atomic mass is 9.98. The first-order valence-corrected chi connectivity index (χ1v) is 12.7. The molecule has 1 amide bonds. The number of nitrogens with one attached hydrogen (secondary N) is 1. The normalized spacial score (nSPS) is 15.2. The third-order valence-corrected chi connectivity index (χ3v) is 7.72. The van der Waals surface area contributed by atoms with Crippen LogP contribution in [0, 0.1) is 11.7 Å². The topological polar surface area (TPSA) is 88.1 Å². The van der Waals surface area contributed by atoms with E-state index < -0.39 is 15.8 Å². The maximum Gasteiger partial charge on any atom is 0.243 e. The summed E-state index contributed by atoms with van der Waals surface area (Å²) in [5, 5.41) is 4.08. The number of hydrazone groups is 1. The van der Waals surface area contributed by atoms with E-state index in [1.807, 2.05) is 54.6 Å². The average molecular weight is 496 g/mol. The van der Waals surface area contributed by atoms with E-state index >= 15 is 0 Å². The van der Waals surface area contributed by atoms with Crippen molar-refractivity contribution in [1.29, 1.82) is 0 Å². The summed E-state index contributed by atoms with van der Waals surface area (Å²) in [7, 11) is -3.72. The molecule has 1 N–H and O–H groups in total. The van der Waals surface area contributed by atoms with Crippen LogP contribution in [0.25, 0.3) is 0 Å². The summed E-state index contributed by atoms with van der Waals surface area (Å²) in [6.45, 7) is 0.826. The highest BCUT2D eigenvalue weighted by Crippen LogP contribution is 2.24. The van der Waals surface area contributed by atoms with Gasteiger partial charge < -0.3 is 4.74 Å². The summed E-state index contributed by atoms with van der Waals surface area (Å²) < 4.78 is 45.8. The van der Waals surface area contributed by atoms with Crippen molar-refractivity contribution < 1.29 is 22.3 Å². The van der Waals surface area contributed by atoms with Gasteiger partial charge in [0.2, 0.25) is 15.9 Å². The molecule has 0 saturated carbocycles. The maximum absolute atomic E-state index is 13.1. The summed E-state index contributed by atoms with van der Waals surface area (Å²) in [5.74, 6) is -0.460. The van der Waals surface area contributed by atoms with E-state index in [2.05, 4.69) is 10.5 Å². The first-order chi connectivity index (χ1) is 16.9. The van der Waals surface area contributed by atoms with Gasteiger partial charge in [0.05, 0.1) is 11.1 Å². The lowest BCUT2D eigenvalue weighted by Gasteiger charge is -2.30. The molecule has 0 unspecified atom stereocenters. The van der Waals surface area contributed by atoms with Gasteiger partial charge in [-0.25, -0.2) is 18.2 Å². The highest BCUT2D eigenvalue weighted by Gasteiger charge is 2.32. The van der Waals surface area contributed by atoms with Crippen molar-refractivity contribution in [2.24, 2.45) is 11.0 Å². The number of sulfonamides is 1. The Bertz CT molecular complexity index is 1270. The number of halogens is 1. The van der Waals surface area contributed by atoms with Crippen LogP contribution >= 0.6 is 0 Å². The van der Waals surface area contributed by atoms with Crippen LogP contribution in [0.5, 0.6) is 5.75 Å². The first-order valence-electron chi connectivity index (χ1n) is 11.3. The molecule has 35 heavy (non-hydrogen) atoms. The van der Waals surface area contributed by atoms with Gasteiger partial charge in [0, 0.05) is 24.6 Å². The Hall–Kier alpha value is -3.56. The van der Waals surface area contributed by atoms with Crippen LogP contribution in [-0.4, -0.2) is 37.9 Å². The van der Waals surface area contributed by atoms with Gasteiger partial charge in [0.15, 0.2) is 0 Å². The van der Waals surface area contributed by atoms with Crippen molar-refractivity contribution in [1.82, 2.24) is 9.73 Å². The Morgan fingerprint density at radius 2 is 1.66 bits per heavy atom. The zero-order valence-electron chi connectivity index (χ0n) is 19.0. The summed E-state index contributed by atoms with van der Waals surface area (Å²) >= 11 is 0. The molecule has 3 aromatic carbocycles. The maximum atomic E-state index is 13.1. The molecule has 7 nitrogen and oxygen atoms in total. The summed E-state index contributed by atoms with van der Waals surface area (Å²) in [6, 6.07) is 21.9. The Labute approximate surface area is 204 Å². The third-order valence-electron chi connectivity index (χ3n) is 5.81. The third kappa shape index (κ3) is 6.32. The number of rotatable bonds is 8. The second-order valence-corrected chi connectivity index (χ2v) is 10.1. The summed E-state index contributed by atoms with van der Waals surface area (Å²) in [6.07, 6.45) is 2.28. The van der Waals surface area contributed by atoms with Gasteiger partial charge in [-0.1, -0.05) is 42.5 Å². The standard InChI is InChI=1S/C26H26FN3O4S/c27-23-10-12-24(13-11-23)35(32,33)30-16-14-21(15-17-30)26(31)29-28-18-22-8-4-5-9-25(22)34-19-20-6-2-1-3-7-20/h1-13,18,21H,14-17,19H2,(H,29,31)/b28-18-. The predicted molar refractivity (Wildman–Crippen MR) is 131 cm³/mol. The molecule has 1 aliphatic rings. The number of carbonyl (C=O) groups is 1. The number of carbonyl (C=O) groups excluding carboxylic acids is 1. The Kier molecular flexibility index (Phi) is 7.89. The molecule has 182 valence electrons. The molecule has 4 rings (SSSR count). The predicted octanol–water partition coefficient (Wildman–Crippen LogP) is 3.96. The number of hydrogen-bond acceptors (Lipinski definition) is 5. The molecule has 0 aliphatic carbocycles. The van der Waals surface area contributed by atoms with Crippen molar-refractivity contribution in [2.75, 3.05) is 13.1 Å². The average Bonchev–Trinajstić information content (AvgIpc) is 2.89. The van der Waals surface area contributed by atoms with E-state index in [1.54, 1.807) is 0 Å². The van der Waals surface area contributed by atoms with Crippen LogP contribution < -0.4 is 10.2 Å². The fourth-order valence-electron chi connectivity index (χ4n) is 3.82. The second-order valence-electron chi connectivity index (χ2n) is 8.18. The number of hydrogen-bond donors (Lipinski definition) is 1. The van der Waals surface area contributed by atoms with Crippen LogP contribution in [-0.2, 0) is 21.4 Å². The van der Waals surface area contributed by atoms with E-state index in [1.165, 1.54) is 22.7 Å². The van der Waals surface area contributed by atoms with Crippen LogP contribution in [0.15, 0.2) is 88.9 Å². The van der Waals surface area contributed by atoms with E-state index in [0.29, 0.717) is 25.2 Å². The van der Waals surface area contributed by atoms with Crippen LogP contribution in [0.2, 0.25) is 0 Å². The van der Waals surface area contributed by atoms with E-state index in [0.717, 1.165) is 23.3 Å². The minimum atomic E-state index is -3.72. The first kappa shape index (κ1) is 24.6. The number of amides is 1. The molecule has 1 aliphatic heterocycles. The quantitative estimate of drug-likeness (QED) is 0.379. The molecule has 3 aromatic rings. The number of nitrogens with zero attached hydrogens (tertiary/aromatic N) is 2. The van der Waals surface area contributed by atoms with Gasteiger partial charge in [-0.05, 0) is 54.8 Å². The van der Waals surface area contributed by atoms with Crippen molar-refractivity contribution in [3.63, 3.8) is 0 Å². The fourth-order valence-corrected chi connectivity index (χ4v) is 5.29. The molecule has 1 heterocycles. The van der Waals surface area contributed by atoms with Crippen LogP contribution in [0.4, 0.5) is 4.39 Å². The molecular weight excluding hydrogens is 469 g/mol. The lowest BCUT2D eigenvalue weighted by molar-refractivity contribution is -0.126. The van der Waals surface area contributed by atoms with Gasteiger partial charge in [0.1, 0.15) is 18.2 Å². The highest BCUT2D eigenvalue weighted by molar-refractivity contribution is 7.89. The number of piperidine rings is 1. The van der Waals surface area contributed by atoms with E-state index in [4.69, 9.17) is 4.74 Å². The van der Waals surface area contributed by atoms with Gasteiger partial charge in [-0.3, -0.25) is 4.79 Å². The summed E-state index contributed by atoms with van der Waals surface area (Å²) in [4.78, 5) is 12.6. The molecule has 9 heteroatoms. The molecule has 0 atom stereocenters. The van der Waals surface area contributed by atoms with E-state index in [9.17, 15) is 17.6 Å². The van der Waals surface area contributed by atoms with Gasteiger partial charge >= 0.3 is 0 Å². The molecular formula is C26H26FN3O4S. The molecule has 0 bridgehead atoms. The SMILES string of the molecule is O=C(N/N=C\c1ccccc1OCc1ccccc1)C1CCN(S(=O)(=O)c2ccc(F)cc2)CC1. The minimum Gasteiger partial charge on any atom is -0.488 e. The van der Waals surface area contributed by atoms with Crippen molar-refractivity contribution in [3.05, 3.63) is 95.8 Å². The Morgan fingerprint density at radius 3 is 2.37 bits per heavy atom. The zero-order chi connectivity index (χ0) is 24.7. The van der Waals surface area contributed by atoms with Gasteiger partial charge in [-0.15, -0.1) is 0 Å². The number of para-hydroxylation sites is 1. The summed E-state index contributed by atoms with van der Waals surface area (Å²) in [5.41, 5.74) is 4.33. The van der Waals surface area contributed by atoms with Crippen molar-refractivity contribution in [3.8, 4) is 5.75 Å². The highest BCUT2D eigenvalue weighted by atomic mass is 32.2. The zero-order valence-corrected chi connectivity index (χ0v) is 19.8. The minimum absolute atomic E-state index is 0.0413. The molecule has 0 radical (unpaired) electrons. The molecule has 0 spiro atoms. The molecule has 1 saturated heterocycles. The second kappa shape index (κ2) is 11.2. The smallest absolute Gasteiger partial charge is 0.243 e. The van der Waals surface area contributed by atoms with Crippen molar-refractivity contribution in [2.45, 2.75) is 24.3 Å². The molecule has 0 aromatic heterocycles. The van der Waals surface area contributed by atoms with E-state index in [-0.39, 0.29) is 29.8 Å². The number of ether oxygens (including phenoxy) is 1.